The van der Waals surface area contributed by atoms with Gasteiger partial charge in [-0.3, -0.25) is 4.99 Å². The highest BCUT2D eigenvalue weighted by Gasteiger charge is 2.28. The first-order chi connectivity index (χ1) is 13.1. The van der Waals surface area contributed by atoms with Gasteiger partial charge in [0, 0.05) is 6.42 Å². The Hall–Kier alpha value is -2.83. The van der Waals surface area contributed by atoms with Crippen LogP contribution in [0.2, 0.25) is 0 Å². The van der Waals surface area contributed by atoms with Gasteiger partial charge in [0.15, 0.2) is 0 Å². The van der Waals surface area contributed by atoms with Gasteiger partial charge in [0.1, 0.15) is 17.5 Å². The Bertz CT molecular complexity index is 886. The highest BCUT2D eigenvalue weighted by atomic mass is 19.1. The standard InChI is InChI=1S/C20H23FN6/c1-3-17-24-19(23-12(2)13-6-8-16(21)9-7-13)27-20(25-17)26-18-10-15(11-22-18)14-4-5-14/h6-10,12,14H,3-5,11H2,1-2H3,(H2,22,23,24,25,26,27)/t12-/m0/s1. The van der Waals surface area contributed by atoms with E-state index >= 15 is 0 Å². The van der Waals surface area contributed by atoms with E-state index in [1.54, 1.807) is 12.1 Å². The molecule has 6 nitrogen and oxygen atoms in total. The Labute approximate surface area is 158 Å². The molecule has 1 saturated carbocycles. The topological polar surface area (TPSA) is 75.1 Å². The van der Waals surface area contributed by atoms with E-state index in [2.05, 4.69) is 36.7 Å². The molecule has 0 bridgehead atoms. The van der Waals surface area contributed by atoms with Crippen LogP contribution in [0, 0.1) is 11.7 Å². The average molecular weight is 366 g/mol. The number of anilines is 2. The van der Waals surface area contributed by atoms with Gasteiger partial charge >= 0.3 is 0 Å². The maximum absolute atomic E-state index is 13.1. The van der Waals surface area contributed by atoms with E-state index in [0.29, 0.717) is 30.1 Å². The van der Waals surface area contributed by atoms with Crippen LogP contribution in [-0.2, 0) is 6.42 Å². The zero-order valence-corrected chi connectivity index (χ0v) is 15.5. The molecule has 4 rings (SSSR count). The SMILES string of the molecule is CCc1nc(NC2=NCC(C3CC3)=C2)nc(N[C@@H](C)c2ccc(F)cc2)n1. The van der Waals surface area contributed by atoms with Crippen LogP contribution in [0.1, 0.15) is 44.1 Å². The molecular formula is C20H23FN6. The van der Waals surface area contributed by atoms with Crippen LogP contribution in [0.3, 0.4) is 0 Å². The fourth-order valence-electron chi connectivity index (χ4n) is 3.06. The number of hydrogen-bond donors (Lipinski definition) is 2. The molecule has 1 aliphatic carbocycles. The quantitative estimate of drug-likeness (QED) is 0.811. The number of aryl methyl sites for hydroxylation is 1. The Balaban J connectivity index is 1.49. The zero-order chi connectivity index (χ0) is 18.8. The van der Waals surface area contributed by atoms with Crippen LogP contribution in [0.5, 0.6) is 0 Å². The van der Waals surface area contributed by atoms with Crippen molar-refractivity contribution in [1.29, 1.82) is 0 Å². The van der Waals surface area contributed by atoms with Crippen molar-refractivity contribution >= 4 is 17.7 Å². The number of benzene rings is 1. The Kier molecular flexibility index (Phi) is 4.83. The molecule has 2 N–H and O–H groups in total. The van der Waals surface area contributed by atoms with E-state index in [-0.39, 0.29) is 11.9 Å². The van der Waals surface area contributed by atoms with Gasteiger partial charge in [-0.1, -0.05) is 19.1 Å². The first-order valence-corrected chi connectivity index (χ1v) is 9.39. The predicted octanol–water partition coefficient (Wildman–Crippen LogP) is 3.91. The van der Waals surface area contributed by atoms with Gasteiger partial charge in [0.05, 0.1) is 12.6 Å². The molecule has 0 unspecified atom stereocenters. The molecule has 0 saturated heterocycles. The lowest BCUT2D eigenvalue weighted by Gasteiger charge is -2.15. The second-order valence-electron chi connectivity index (χ2n) is 6.99. The van der Waals surface area contributed by atoms with Crippen LogP contribution < -0.4 is 10.6 Å². The lowest BCUT2D eigenvalue weighted by atomic mass is 10.1. The van der Waals surface area contributed by atoms with E-state index in [9.17, 15) is 4.39 Å². The van der Waals surface area contributed by atoms with Crippen molar-refractivity contribution in [3.8, 4) is 0 Å². The molecule has 140 valence electrons. The van der Waals surface area contributed by atoms with Crippen LogP contribution in [0.4, 0.5) is 16.3 Å². The van der Waals surface area contributed by atoms with Crippen molar-refractivity contribution in [2.45, 2.75) is 39.2 Å². The number of aliphatic imine (C=N–C) groups is 1. The third kappa shape index (κ3) is 4.30. The molecule has 1 fully saturated rings. The van der Waals surface area contributed by atoms with Gasteiger partial charge in [0.2, 0.25) is 11.9 Å². The molecule has 0 radical (unpaired) electrons. The summed E-state index contributed by atoms with van der Waals surface area (Å²) in [5.41, 5.74) is 2.35. The Morgan fingerprint density at radius 1 is 1.11 bits per heavy atom. The predicted molar refractivity (Wildman–Crippen MR) is 104 cm³/mol. The summed E-state index contributed by atoms with van der Waals surface area (Å²) in [5, 5.41) is 6.49. The van der Waals surface area contributed by atoms with Crippen molar-refractivity contribution in [2.24, 2.45) is 10.9 Å². The van der Waals surface area contributed by atoms with Crippen molar-refractivity contribution in [3.63, 3.8) is 0 Å². The molecule has 27 heavy (non-hydrogen) atoms. The van der Waals surface area contributed by atoms with E-state index in [1.807, 2.05) is 13.8 Å². The molecule has 7 heteroatoms. The number of nitrogens with one attached hydrogen (secondary N) is 2. The molecule has 0 amide bonds. The Morgan fingerprint density at radius 3 is 2.56 bits per heavy atom. The number of nitrogens with zero attached hydrogens (tertiary/aromatic N) is 4. The maximum atomic E-state index is 13.1. The third-order valence-electron chi connectivity index (χ3n) is 4.81. The largest absolute Gasteiger partial charge is 0.348 e. The molecule has 0 spiro atoms. The van der Waals surface area contributed by atoms with Crippen LogP contribution >= 0.6 is 0 Å². The van der Waals surface area contributed by atoms with E-state index < -0.39 is 0 Å². The van der Waals surface area contributed by atoms with Crippen molar-refractivity contribution in [3.05, 3.63) is 53.1 Å². The lowest BCUT2D eigenvalue weighted by molar-refractivity contribution is 0.626. The fourth-order valence-corrected chi connectivity index (χ4v) is 3.06. The first-order valence-electron chi connectivity index (χ1n) is 9.39. The van der Waals surface area contributed by atoms with Crippen molar-refractivity contribution in [2.75, 3.05) is 17.2 Å². The molecule has 2 aromatic rings. The summed E-state index contributed by atoms with van der Waals surface area (Å²) in [6.45, 7) is 4.76. The van der Waals surface area contributed by atoms with Gasteiger partial charge in [-0.05, 0) is 55.0 Å². The summed E-state index contributed by atoms with van der Waals surface area (Å²) < 4.78 is 13.1. The highest BCUT2D eigenvalue weighted by Crippen LogP contribution is 2.37. The highest BCUT2D eigenvalue weighted by molar-refractivity contribution is 6.04. The first kappa shape index (κ1) is 17.6. The van der Waals surface area contributed by atoms with Gasteiger partial charge in [0.25, 0.3) is 0 Å². The summed E-state index contributed by atoms with van der Waals surface area (Å²) in [5.74, 6) is 2.95. The van der Waals surface area contributed by atoms with Crippen LogP contribution in [-0.4, -0.2) is 27.3 Å². The second kappa shape index (κ2) is 7.42. The van der Waals surface area contributed by atoms with E-state index in [1.165, 1.54) is 30.5 Å². The van der Waals surface area contributed by atoms with Gasteiger partial charge < -0.3 is 10.6 Å². The fraction of sp³-hybridized carbons (Fsp3) is 0.400. The normalized spacial score (nSPS) is 17.3. The smallest absolute Gasteiger partial charge is 0.233 e. The summed E-state index contributed by atoms with van der Waals surface area (Å²) in [4.78, 5) is 17.9. The summed E-state index contributed by atoms with van der Waals surface area (Å²) in [6.07, 6.45) is 5.36. The molecule has 2 heterocycles. The van der Waals surface area contributed by atoms with E-state index in [0.717, 1.165) is 17.9 Å². The minimum atomic E-state index is -0.248. The summed E-state index contributed by atoms with van der Waals surface area (Å²) in [7, 11) is 0. The minimum Gasteiger partial charge on any atom is -0.348 e. The second-order valence-corrected chi connectivity index (χ2v) is 6.99. The van der Waals surface area contributed by atoms with Gasteiger partial charge in [-0.25, -0.2) is 4.39 Å². The number of aromatic nitrogens is 3. The number of hydrogen-bond acceptors (Lipinski definition) is 6. The summed E-state index contributed by atoms with van der Waals surface area (Å²) >= 11 is 0. The van der Waals surface area contributed by atoms with Crippen LogP contribution in [0.15, 0.2) is 40.9 Å². The molecule has 1 aromatic carbocycles. The monoisotopic (exact) mass is 366 g/mol. The van der Waals surface area contributed by atoms with Crippen LogP contribution in [0.25, 0.3) is 0 Å². The zero-order valence-electron chi connectivity index (χ0n) is 15.5. The van der Waals surface area contributed by atoms with Crippen molar-refractivity contribution in [1.82, 2.24) is 15.0 Å². The minimum absolute atomic E-state index is 0.0595. The average Bonchev–Trinajstić information content (AvgIpc) is 3.41. The number of rotatable bonds is 6. The molecular weight excluding hydrogens is 343 g/mol. The molecule has 1 atom stereocenters. The lowest BCUT2D eigenvalue weighted by Crippen LogP contribution is -2.16. The van der Waals surface area contributed by atoms with Crippen molar-refractivity contribution < 1.29 is 4.39 Å². The molecule has 1 aromatic heterocycles. The van der Waals surface area contributed by atoms with Gasteiger partial charge in [-0.2, -0.15) is 15.0 Å². The third-order valence-corrected chi connectivity index (χ3v) is 4.81. The Morgan fingerprint density at radius 2 is 1.85 bits per heavy atom. The maximum Gasteiger partial charge on any atom is 0.233 e. The number of amidine groups is 1. The molecule has 1 aliphatic heterocycles. The number of halogens is 1. The molecule has 2 aliphatic rings. The summed E-state index contributed by atoms with van der Waals surface area (Å²) in [6, 6.07) is 6.36. The van der Waals surface area contributed by atoms with E-state index in [4.69, 9.17) is 0 Å². The van der Waals surface area contributed by atoms with Gasteiger partial charge in [-0.15, -0.1) is 0 Å².